The minimum atomic E-state index is -0.679. The van der Waals surface area contributed by atoms with E-state index in [-0.39, 0.29) is 17.8 Å². The lowest BCUT2D eigenvalue weighted by molar-refractivity contribution is -0.139. The topological polar surface area (TPSA) is 37.3 Å². The minimum Gasteiger partial charge on any atom is -0.481 e. The summed E-state index contributed by atoms with van der Waals surface area (Å²) in [7, 11) is 0. The Labute approximate surface area is 112 Å². The van der Waals surface area contributed by atoms with Gasteiger partial charge in [0, 0.05) is 16.9 Å². The highest BCUT2D eigenvalue weighted by atomic mass is 35.5. The Hall–Kier alpha value is -1.02. The summed E-state index contributed by atoms with van der Waals surface area (Å²) in [5, 5.41) is 9.94. The molecule has 1 aromatic carbocycles. The van der Waals surface area contributed by atoms with Gasteiger partial charge in [0.2, 0.25) is 0 Å². The number of carboxylic acid groups (broad SMARTS) is 1. The molecule has 1 unspecified atom stereocenters. The van der Waals surface area contributed by atoms with Gasteiger partial charge in [-0.15, -0.1) is 0 Å². The van der Waals surface area contributed by atoms with Gasteiger partial charge >= 0.3 is 5.97 Å². The zero-order valence-corrected chi connectivity index (χ0v) is 11.0. The second kappa shape index (κ2) is 4.27. The Morgan fingerprint density at radius 2 is 2.22 bits per heavy atom. The van der Waals surface area contributed by atoms with Crippen molar-refractivity contribution in [1.29, 1.82) is 0 Å². The summed E-state index contributed by atoms with van der Waals surface area (Å²) in [6.45, 7) is 0. The van der Waals surface area contributed by atoms with E-state index in [0.29, 0.717) is 0 Å². The van der Waals surface area contributed by atoms with E-state index < -0.39 is 5.97 Å². The first kappa shape index (κ1) is 12.0. The van der Waals surface area contributed by atoms with Gasteiger partial charge in [0.1, 0.15) is 0 Å². The van der Waals surface area contributed by atoms with Crippen molar-refractivity contribution in [3.05, 3.63) is 34.3 Å². The number of hydrogen-bond donors (Lipinski definition) is 1. The molecule has 0 bridgehead atoms. The summed E-state index contributed by atoms with van der Waals surface area (Å²) in [5.41, 5.74) is 2.66. The van der Waals surface area contributed by atoms with Gasteiger partial charge in [0.05, 0.1) is 0 Å². The van der Waals surface area contributed by atoms with Crippen molar-refractivity contribution in [2.24, 2.45) is 5.92 Å². The van der Waals surface area contributed by atoms with Gasteiger partial charge in [-0.2, -0.15) is 0 Å². The maximum atomic E-state index is 11.1. The highest BCUT2D eigenvalue weighted by Gasteiger charge is 2.49. The Bertz CT molecular complexity index is 491. The smallest absolute Gasteiger partial charge is 0.303 e. The largest absolute Gasteiger partial charge is 0.481 e. The molecule has 1 aromatic rings. The van der Waals surface area contributed by atoms with Gasteiger partial charge < -0.3 is 5.11 Å². The number of carboxylic acids is 1. The molecule has 18 heavy (non-hydrogen) atoms. The summed E-state index contributed by atoms with van der Waals surface area (Å²) in [4.78, 5) is 11.1. The molecule has 1 atom stereocenters. The fourth-order valence-corrected chi connectivity index (χ4v) is 4.25. The van der Waals surface area contributed by atoms with Crippen LogP contribution in [0.3, 0.4) is 0 Å². The third-order valence-electron chi connectivity index (χ3n) is 4.81. The predicted octanol–water partition coefficient (Wildman–Crippen LogP) is 3.80. The molecule has 2 aliphatic carbocycles. The van der Waals surface area contributed by atoms with Crippen molar-refractivity contribution < 1.29 is 9.90 Å². The van der Waals surface area contributed by atoms with Gasteiger partial charge in [0.15, 0.2) is 0 Å². The van der Waals surface area contributed by atoms with Crippen LogP contribution >= 0.6 is 11.6 Å². The van der Waals surface area contributed by atoms with E-state index >= 15 is 0 Å². The normalized spacial score (nSPS) is 24.4. The van der Waals surface area contributed by atoms with Gasteiger partial charge in [-0.3, -0.25) is 4.79 Å². The third-order valence-corrected chi connectivity index (χ3v) is 5.12. The first-order valence-corrected chi connectivity index (χ1v) is 7.01. The van der Waals surface area contributed by atoms with Crippen LogP contribution in [0.5, 0.6) is 0 Å². The molecule has 0 heterocycles. The number of rotatable bonds is 2. The molecule has 3 rings (SSSR count). The summed E-state index contributed by atoms with van der Waals surface area (Å²) >= 11 is 6.39. The average Bonchev–Trinajstić information content (AvgIpc) is 2.26. The molecule has 0 amide bonds. The number of carbonyl (C=O) groups is 1. The second-order valence-electron chi connectivity index (χ2n) is 5.62. The summed E-state index contributed by atoms with van der Waals surface area (Å²) in [6, 6.07) is 6.10. The highest BCUT2D eigenvalue weighted by molar-refractivity contribution is 6.31. The lowest BCUT2D eigenvalue weighted by Crippen LogP contribution is -2.46. The molecular formula is C15H17ClO2. The lowest BCUT2D eigenvalue weighted by atomic mass is 9.52. The molecule has 0 radical (unpaired) electrons. The van der Waals surface area contributed by atoms with Crippen molar-refractivity contribution in [2.45, 2.75) is 43.9 Å². The predicted molar refractivity (Wildman–Crippen MR) is 71.0 cm³/mol. The fourth-order valence-electron chi connectivity index (χ4n) is 3.87. The van der Waals surface area contributed by atoms with Gasteiger partial charge in [-0.25, -0.2) is 0 Å². The van der Waals surface area contributed by atoms with Crippen LogP contribution in [-0.4, -0.2) is 11.1 Å². The van der Waals surface area contributed by atoms with Crippen LogP contribution in [0.1, 0.15) is 43.2 Å². The van der Waals surface area contributed by atoms with E-state index in [4.69, 9.17) is 16.7 Å². The van der Waals surface area contributed by atoms with E-state index in [1.165, 1.54) is 17.5 Å². The van der Waals surface area contributed by atoms with Gasteiger partial charge in [-0.05, 0) is 48.8 Å². The Morgan fingerprint density at radius 3 is 2.83 bits per heavy atom. The van der Waals surface area contributed by atoms with Crippen molar-refractivity contribution in [3.63, 3.8) is 0 Å². The number of halogens is 1. The summed E-state index contributed by atoms with van der Waals surface area (Å²) < 4.78 is 0. The van der Waals surface area contributed by atoms with E-state index in [0.717, 1.165) is 30.7 Å². The first-order valence-electron chi connectivity index (χ1n) is 6.63. The highest BCUT2D eigenvalue weighted by Crippen LogP contribution is 2.57. The van der Waals surface area contributed by atoms with Crippen LogP contribution in [0.2, 0.25) is 5.02 Å². The van der Waals surface area contributed by atoms with Crippen LogP contribution in [0.15, 0.2) is 18.2 Å². The molecule has 1 spiro atoms. The Kier molecular flexibility index (Phi) is 2.86. The van der Waals surface area contributed by atoms with Crippen LogP contribution in [-0.2, 0) is 16.6 Å². The van der Waals surface area contributed by atoms with Crippen molar-refractivity contribution in [1.82, 2.24) is 0 Å². The van der Waals surface area contributed by atoms with Crippen molar-refractivity contribution in [2.75, 3.05) is 0 Å². The number of hydrogen-bond acceptors (Lipinski definition) is 1. The van der Waals surface area contributed by atoms with Crippen LogP contribution in [0.4, 0.5) is 0 Å². The lowest BCUT2D eigenvalue weighted by Gasteiger charge is -2.52. The minimum absolute atomic E-state index is 0.0598. The molecule has 0 aliphatic heterocycles. The van der Waals surface area contributed by atoms with E-state index in [1.54, 1.807) is 0 Å². The average molecular weight is 265 g/mol. The first-order chi connectivity index (χ1) is 8.63. The van der Waals surface area contributed by atoms with Crippen LogP contribution in [0, 0.1) is 5.92 Å². The monoisotopic (exact) mass is 264 g/mol. The SMILES string of the molecule is O=C(O)CC1CCc2cccc(Cl)c2C12CCC2. The van der Waals surface area contributed by atoms with Crippen LogP contribution < -0.4 is 0 Å². The second-order valence-corrected chi connectivity index (χ2v) is 6.02. The molecular weight excluding hydrogens is 248 g/mol. The molecule has 2 aliphatic rings. The molecule has 1 fully saturated rings. The number of aliphatic carboxylic acids is 1. The standard InChI is InChI=1S/C15H17ClO2/c16-12-4-1-3-10-5-6-11(9-13(17)18)15(14(10)12)7-2-8-15/h1,3-4,11H,2,5-9H2,(H,17,18). The fraction of sp³-hybridized carbons (Fsp3) is 0.533. The van der Waals surface area contributed by atoms with Gasteiger partial charge in [-0.1, -0.05) is 30.2 Å². The molecule has 0 saturated heterocycles. The maximum Gasteiger partial charge on any atom is 0.303 e. The molecule has 0 aromatic heterocycles. The maximum absolute atomic E-state index is 11.1. The zero-order valence-electron chi connectivity index (χ0n) is 10.3. The van der Waals surface area contributed by atoms with Crippen LogP contribution in [0.25, 0.3) is 0 Å². The number of aryl methyl sites for hydroxylation is 1. The quantitative estimate of drug-likeness (QED) is 0.882. The van der Waals surface area contributed by atoms with E-state index in [1.807, 2.05) is 12.1 Å². The number of fused-ring (bicyclic) bond motifs is 2. The number of benzene rings is 1. The zero-order chi connectivity index (χ0) is 12.8. The summed E-state index contributed by atoms with van der Waals surface area (Å²) in [5.74, 6) is -0.419. The molecule has 1 N–H and O–H groups in total. The van der Waals surface area contributed by atoms with Crippen molar-refractivity contribution >= 4 is 17.6 Å². The molecule has 1 saturated carbocycles. The van der Waals surface area contributed by atoms with Crippen molar-refractivity contribution in [3.8, 4) is 0 Å². The Balaban J connectivity index is 2.05. The molecule has 96 valence electrons. The molecule has 3 heteroatoms. The van der Waals surface area contributed by atoms with E-state index in [9.17, 15) is 4.79 Å². The third kappa shape index (κ3) is 1.66. The summed E-state index contributed by atoms with van der Waals surface area (Å²) in [6.07, 6.45) is 5.63. The van der Waals surface area contributed by atoms with Gasteiger partial charge in [0.25, 0.3) is 0 Å². The molecule has 2 nitrogen and oxygen atoms in total. The van der Waals surface area contributed by atoms with E-state index in [2.05, 4.69) is 6.07 Å². The Morgan fingerprint density at radius 1 is 1.44 bits per heavy atom.